The molecule has 9 nitrogen and oxygen atoms in total. The van der Waals surface area contributed by atoms with Crippen molar-refractivity contribution in [2.45, 2.75) is 102 Å². The highest BCUT2D eigenvalue weighted by atomic mass is 19.4. The lowest BCUT2D eigenvalue weighted by Gasteiger charge is -2.41. The van der Waals surface area contributed by atoms with Crippen LogP contribution in [0.5, 0.6) is 0 Å². The largest absolute Gasteiger partial charge is 0.491 e. The van der Waals surface area contributed by atoms with E-state index in [9.17, 15) is 53.9 Å². The molecule has 0 bridgehead atoms. The number of hydrogen-bond acceptors (Lipinski definition) is 9. The molecule has 0 spiro atoms. The number of alkyl halides is 9. The van der Waals surface area contributed by atoms with Gasteiger partial charge in [-0.05, 0) is 71.4 Å². The zero-order valence-electron chi connectivity index (χ0n) is 26.7. The van der Waals surface area contributed by atoms with E-state index in [0.717, 1.165) is 57.9 Å². The maximum absolute atomic E-state index is 12.2. The maximum Gasteiger partial charge on any atom is 0.491 e. The summed E-state index contributed by atoms with van der Waals surface area (Å²) >= 11 is 0. The lowest BCUT2D eigenvalue weighted by Crippen LogP contribution is -2.50. The van der Waals surface area contributed by atoms with Crippen LogP contribution >= 0.6 is 0 Å². The minimum Gasteiger partial charge on any atom is -0.380 e. The van der Waals surface area contributed by atoms with E-state index in [1.165, 1.54) is 51.9 Å². The van der Waals surface area contributed by atoms with Crippen LogP contribution < -0.4 is 5.73 Å². The second-order valence-corrected chi connectivity index (χ2v) is 12.7. The predicted octanol–water partition coefficient (Wildman–Crippen LogP) is 4.63. The summed E-state index contributed by atoms with van der Waals surface area (Å²) in [7, 11) is 4.32. The van der Waals surface area contributed by atoms with E-state index in [-0.39, 0.29) is 19.8 Å². The first kappa shape index (κ1) is 44.0. The van der Waals surface area contributed by atoms with Crippen LogP contribution in [0, 0.1) is 5.92 Å². The summed E-state index contributed by atoms with van der Waals surface area (Å²) in [6.07, 6.45) is -7.75. The molecule has 2 heterocycles. The Morgan fingerprint density at radius 1 is 0.583 bits per heavy atom. The fourth-order valence-corrected chi connectivity index (χ4v) is 6.13. The van der Waals surface area contributed by atoms with Gasteiger partial charge in [-0.15, -0.1) is 0 Å². The molecule has 0 aromatic heterocycles. The quantitative estimate of drug-likeness (QED) is 0.254. The van der Waals surface area contributed by atoms with Crippen LogP contribution in [-0.4, -0.2) is 140 Å². The molecule has 0 amide bonds. The Morgan fingerprint density at radius 2 is 0.917 bits per heavy atom. The number of hydrogen-bond donors (Lipinski definition) is 1. The monoisotopic (exact) mass is 715 g/mol. The van der Waals surface area contributed by atoms with E-state index < -0.39 is 36.3 Å². The third-order valence-electron chi connectivity index (χ3n) is 9.10. The van der Waals surface area contributed by atoms with E-state index in [1.54, 1.807) is 0 Å². The van der Waals surface area contributed by atoms with Crippen LogP contribution in [0.15, 0.2) is 0 Å². The van der Waals surface area contributed by atoms with Gasteiger partial charge in [0.05, 0.1) is 0 Å². The third-order valence-corrected chi connectivity index (χ3v) is 9.10. The van der Waals surface area contributed by atoms with Crippen molar-refractivity contribution in [2.75, 3.05) is 66.5 Å². The molecule has 0 unspecified atom stereocenters. The molecule has 2 saturated heterocycles. The summed E-state index contributed by atoms with van der Waals surface area (Å²) < 4.78 is 106. The van der Waals surface area contributed by atoms with Gasteiger partial charge in [0.2, 0.25) is 5.78 Å². The Kier molecular flexibility index (Phi) is 17.8. The second-order valence-electron chi connectivity index (χ2n) is 12.7. The van der Waals surface area contributed by atoms with Gasteiger partial charge in [-0.2, -0.15) is 39.5 Å². The number of nitrogens with two attached hydrogens (primary N) is 1. The topological polar surface area (TPSA) is 99.4 Å². The summed E-state index contributed by atoms with van der Waals surface area (Å²) in [5, 5.41) is 0. The van der Waals surface area contributed by atoms with Gasteiger partial charge in [0.1, 0.15) is 0 Å². The molecule has 0 aromatic carbocycles. The van der Waals surface area contributed by atoms with Crippen LogP contribution in [0.3, 0.4) is 0 Å². The fourth-order valence-electron chi connectivity index (χ4n) is 6.13. The average Bonchev–Trinajstić information content (AvgIpc) is 2.98. The van der Waals surface area contributed by atoms with Crippen molar-refractivity contribution >= 4 is 17.7 Å². The lowest BCUT2D eigenvalue weighted by molar-refractivity contribution is -0.221. The van der Waals surface area contributed by atoms with Crippen LogP contribution in [0.4, 0.5) is 39.5 Å². The summed E-state index contributed by atoms with van der Waals surface area (Å²) in [5.41, 5.74) is 5.92. The number of ether oxygens (including phenoxy) is 1. The zero-order valence-corrected chi connectivity index (χ0v) is 26.7. The van der Waals surface area contributed by atoms with Crippen molar-refractivity contribution in [3.05, 3.63) is 0 Å². The first-order valence-electron chi connectivity index (χ1n) is 15.8. The number of halogens is 9. The minimum absolute atomic E-state index is 0. The van der Waals surface area contributed by atoms with Gasteiger partial charge in [-0.1, -0.05) is 7.43 Å². The van der Waals surface area contributed by atoms with E-state index in [0.29, 0.717) is 12.1 Å². The minimum atomic E-state index is -5.62. The van der Waals surface area contributed by atoms with Crippen molar-refractivity contribution in [1.29, 1.82) is 0 Å². The summed E-state index contributed by atoms with van der Waals surface area (Å²) in [4.78, 5) is 40.2. The number of carbonyl (C=O) groups excluding carboxylic acids is 3. The molecule has 4 fully saturated rings. The molecule has 2 saturated carbocycles. The molecule has 0 atom stereocenters. The molecule has 2 N–H and O–H groups in total. The lowest BCUT2D eigenvalue weighted by atomic mass is 9.82. The smallest absolute Gasteiger partial charge is 0.380 e. The number of likely N-dealkylation sites (N-methyl/N-ethyl adjacent to an activating group) is 2. The summed E-state index contributed by atoms with van der Waals surface area (Å²) in [6.45, 7) is 9.22. The number of nitrogens with zero attached hydrogens (tertiary/aromatic N) is 4. The summed E-state index contributed by atoms with van der Waals surface area (Å²) in [6, 6.07) is 1.82. The molecule has 4 rings (SSSR count). The van der Waals surface area contributed by atoms with Gasteiger partial charge in [0.25, 0.3) is 0 Å². The standard InChI is InChI=1S/C14H23F3N2O.C11H23N3.C4F6O3.CH4/c1-18-6-8-19(9-7-18)12-4-2-11(3-5-12)10-13(20)14(15,16)17;1-13-6-8-14(9-7-13)11-4-2-10(12)3-5-11;5-3(6,7)1(11)13-2(12)4(8,9)10;/h11-12H,2-10H2,1H3;10-11H,2-9,12H2,1H3;;1H4. The van der Waals surface area contributed by atoms with E-state index in [4.69, 9.17) is 5.73 Å². The van der Waals surface area contributed by atoms with E-state index in [1.807, 2.05) is 0 Å². The molecule has 2 aliphatic carbocycles. The van der Waals surface area contributed by atoms with Gasteiger partial charge < -0.3 is 20.3 Å². The fraction of sp³-hybridized carbons (Fsp3) is 0.900. The molecule has 2 aliphatic heterocycles. The normalized spacial score (nSPS) is 26.9. The van der Waals surface area contributed by atoms with Crippen LogP contribution in [0.2, 0.25) is 0 Å². The molecule has 282 valence electrons. The number of esters is 2. The zero-order chi connectivity index (χ0) is 35.6. The van der Waals surface area contributed by atoms with Crippen molar-refractivity contribution in [2.24, 2.45) is 11.7 Å². The molecular weight excluding hydrogens is 665 g/mol. The summed E-state index contributed by atoms with van der Waals surface area (Å²) in [5.74, 6) is -8.03. The van der Waals surface area contributed by atoms with Crippen molar-refractivity contribution < 1.29 is 58.6 Å². The predicted molar refractivity (Wildman–Crippen MR) is 160 cm³/mol. The van der Waals surface area contributed by atoms with Crippen LogP contribution in [-0.2, 0) is 19.1 Å². The van der Waals surface area contributed by atoms with E-state index in [2.05, 4.69) is 38.4 Å². The Balaban J connectivity index is 0.000000368. The van der Waals surface area contributed by atoms with Gasteiger partial charge >= 0.3 is 30.5 Å². The highest BCUT2D eigenvalue weighted by molar-refractivity contribution is 5.90. The van der Waals surface area contributed by atoms with Crippen molar-refractivity contribution in [1.82, 2.24) is 19.6 Å². The number of rotatable bonds is 4. The third kappa shape index (κ3) is 15.7. The van der Waals surface area contributed by atoms with Crippen molar-refractivity contribution in [3.63, 3.8) is 0 Å². The number of carbonyl (C=O) groups is 3. The average molecular weight is 716 g/mol. The molecule has 0 aromatic rings. The first-order chi connectivity index (χ1) is 21.7. The Labute approximate surface area is 276 Å². The number of Topliss-reactive ketones (excluding diaryl/α,β-unsaturated/α-hetero) is 1. The molecule has 48 heavy (non-hydrogen) atoms. The Hall–Kier alpha value is -2.02. The van der Waals surface area contributed by atoms with Crippen LogP contribution in [0.1, 0.15) is 65.2 Å². The van der Waals surface area contributed by atoms with Gasteiger partial charge in [-0.25, -0.2) is 9.59 Å². The van der Waals surface area contributed by atoms with Gasteiger partial charge in [0, 0.05) is 76.9 Å². The maximum atomic E-state index is 12.2. The van der Waals surface area contributed by atoms with Crippen LogP contribution in [0.25, 0.3) is 0 Å². The van der Waals surface area contributed by atoms with Gasteiger partial charge in [0.15, 0.2) is 0 Å². The Morgan fingerprint density at radius 3 is 1.23 bits per heavy atom. The van der Waals surface area contributed by atoms with Gasteiger partial charge in [-0.3, -0.25) is 14.6 Å². The number of piperazine rings is 2. The SMILES string of the molecule is C.CN1CCN(C2CCC(CC(=O)C(F)(F)F)CC2)CC1.CN1CCN(C2CCC(N)CC2)CC1.O=C(OC(=O)C(F)(F)F)C(F)(F)F. The molecule has 18 heteroatoms. The molecule has 0 radical (unpaired) electrons. The first-order valence-corrected chi connectivity index (χ1v) is 15.8. The molecular formula is C30H50F9N5O4. The second kappa shape index (κ2) is 19.4. The van der Waals surface area contributed by atoms with Crippen molar-refractivity contribution in [3.8, 4) is 0 Å². The number of ketones is 1. The Bertz CT molecular complexity index is 937. The highest BCUT2D eigenvalue weighted by Gasteiger charge is 2.49. The molecule has 4 aliphatic rings. The highest BCUT2D eigenvalue weighted by Crippen LogP contribution is 2.32. The van der Waals surface area contributed by atoms with E-state index >= 15 is 0 Å².